The lowest BCUT2D eigenvalue weighted by Crippen LogP contribution is -2.41. The van der Waals surface area contributed by atoms with Crippen molar-refractivity contribution in [3.05, 3.63) is 92.6 Å². The van der Waals surface area contributed by atoms with Crippen molar-refractivity contribution in [3.8, 4) is 0 Å². The first kappa shape index (κ1) is 29.5. The molecule has 1 unspecified atom stereocenters. The number of allylic oxidation sites excluding steroid dienone is 1. The van der Waals surface area contributed by atoms with Gasteiger partial charge in [-0.05, 0) is 42.7 Å². The maximum absolute atomic E-state index is 12.7. The number of amides is 2. The number of aliphatic imine (C=N–C) groups is 1. The third-order valence-corrected chi connectivity index (χ3v) is 7.68. The Morgan fingerprint density at radius 2 is 1.80 bits per heavy atom. The van der Waals surface area contributed by atoms with Gasteiger partial charge in [0.1, 0.15) is 6.04 Å². The molecule has 2 atom stereocenters. The third kappa shape index (κ3) is 7.38. The summed E-state index contributed by atoms with van der Waals surface area (Å²) in [5.41, 5.74) is 3.83. The summed E-state index contributed by atoms with van der Waals surface area (Å²) in [5.74, 6) is -1.64. The van der Waals surface area contributed by atoms with Crippen molar-refractivity contribution in [2.24, 2.45) is 10.9 Å². The molecule has 0 saturated heterocycles. The Morgan fingerprint density at radius 3 is 2.35 bits per heavy atom. The van der Waals surface area contributed by atoms with Crippen LogP contribution in [0.3, 0.4) is 0 Å². The fourth-order valence-corrected chi connectivity index (χ4v) is 5.35. The van der Waals surface area contributed by atoms with Crippen LogP contribution in [0.5, 0.6) is 0 Å². The van der Waals surface area contributed by atoms with Gasteiger partial charge in [-0.3, -0.25) is 19.5 Å². The van der Waals surface area contributed by atoms with Crippen LogP contribution in [0.25, 0.3) is 0 Å². The smallest absolute Gasteiger partial charge is 0.326 e. The van der Waals surface area contributed by atoms with Crippen LogP contribution in [-0.4, -0.2) is 72.1 Å². The van der Waals surface area contributed by atoms with Gasteiger partial charge >= 0.3 is 5.97 Å². The van der Waals surface area contributed by atoms with Gasteiger partial charge < -0.3 is 15.3 Å². The number of nitrogens with one attached hydrogen (secondary N) is 1. The highest BCUT2D eigenvalue weighted by atomic mass is 35.5. The zero-order valence-corrected chi connectivity index (χ0v) is 24.0. The number of halogens is 2. The fraction of sp³-hybridized carbons (Fsp3) is 0.333. The zero-order valence-electron chi connectivity index (χ0n) is 22.4. The number of benzene rings is 2. The lowest BCUT2D eigenvalue weighted by atomic mass is 9.89. The molecule has 2 heterocycles. The molecule has 0 saturated carbocycles. The van der Waals surface area contributed by atoms with Crippen molar-refractivity contribution in [2.75, 3.05) is 27.2 Å². The first-order valence-electron chi connectivity index (χ1n) is 13.0. The molecule has 2 aliphatic rings. The molecule has 2 aromatic rings. The first-order valence-corrected chi connectivity index (χ1v) is 13.8. The van der Waals surface area contributed by atoms with Crippen LogP contribution >= 0.6 is 23.2 Å². The van der Waals surface area contributed by atoms with Gasteiger partial charge in [-0.2, -0.15) is 0 Å². The SMILES string of the molecule is CN(C)C(=O)c1ccc(CN2CC=C(C3C=NC(C[C@H](NC(=O)c4c(Cl)cccc4Cl)C(=O)O)=CC3)CC2)cc1. The molecule has 0 aliphatic carbocycles. The van der Waals surface area contributed by atoms with Gasteiger partial charge in [-0.25, -0.2) is 4.79 Å². The number of carbonyl (C=O) groups is 3. The molecular formula is C30H32Cl2N4O4. The Hall–Kier alpha value is -3.46. The number of hydrogen-bond donors (Lipinski definition) is 2. The molecule has 40 heavy (non-hydrogen) atoms. The predicted octanol–water partition coefficient (Wildman–Crippen LogP) is 5.08. The van der Waals surface area contributed by atoms with Crippen molar-refractivity contribution in [2.45, 2.75) is 31.8 Å². The minimum absolute atomic E-state index is 0.00584. The van der Waals surface area contributed by atoms with Crippen LogP contribution in [0.15, 0.2) is 70.9 Å². The van der Waals surface area contributed by atoms with E-state index in [-0.39, 0.29) is 33.9 Å². The molecule has 0 spiro atoms. The summed E-state index contributed by atoms with van der Waals surface area (Å²) >= 11 is 12.2. The Morgan fingerprint density at radius 1 is 1.10 bits per heavy atom. The van der Waals surface area contributed by atoms with Crippen LogP contribution in [0.4, 0.5) is 0 Å². The van der Waals surface area contributed by atoms with E-state index in [0.29, 0.717) is 11.3 Å². The number of hydrogen-bond acceptors (Lipinski definition) is 5. The molecule has 210 valence electrons. The Bertz CT molecular complexity index is 1350. The number of nitrogens with zero attached hydrogens (tertiary/aromatic N) is 3. The molecule has 0 aromatic heterocycles. The molecule has 10 heteroatoms. The summed E-state index contributed by atoms with van der Waals surface area (Å²) in [6, 6.07) is 11.3. The van der Waals surface area contributed by atoms with E-state index in [1.807, 2.05) is 36.6 Å². The van der Waals surface area contributed by atoms with Gasteiger partial charge in [0.25, 0.3) is 11.8 Å². The fourth-order valence-electron chi connectivity index (χ4n) is 4.78. The molecule has 8 nitrogen and oxygen atoms in total. The molecule has 2 N–H and O–H groups in total. The second kappa shape index (κ2) is 13.3. The van der Waals surface area contributed by atoms with E-state index >= 15 is 0 Å². The Balaban J connectivity index is 1.29. The minimum Gasteiger partial charge on any atom is -0.480 e. The number of carbonyl (C=O) groups excluding carboxylic acids is 2. The number of aliphatic carboxylic acids is 1. The van der Waals surface area contributed by atoms with E-state index in [4.69, 9.17) is 23.2 Å². The van der Waals surface area contributed by atoms with Gasteiger partial charge in [0.15, 0.2) is 0 Å². The summed E-state index contributed by atoms with van der Waals surface area (Å²) in [6.07, 6.45) is 7.77. The molecular weight excluding hydrogens is 551 g/mol. The van der Waals surface area contributed by atoms with Crippen LogP contribution < -0.4 is 5.32 Å². The van der Waals surface area contributed by atoms with Crippen molar-refractivity contribution in [1.29, 1.82) is 0 Å². The van der Waals surface area contributed by atoms with Gasteiger partial charge in [0, 0.05) is 63.5 Å². The molecule has 0 radical (unpaired) electrons. The Labute approximate surface area is 244 Å². The summed E-state index contributed by atoms with van der Waals surface area (Å²) in [4.78, 5) is 45.1. The van der Waals surface area contributed by atoms with E-state index < -0.39 is 17.9 Å². The average molecular weight is 584 g/mol. The van der Waals surface area contributed by atoms with Crippen molar-refractivity contribution in [3.63, 3.8) is 0 Å². The highest BCUT2D eigenvalue weighted by Gasteiger charge is 2.26. The summed E-state index contributed by atoms with van der Waals surface area (Å²) in [5, 5.41) is 12.5. The minimum atomic E-state index is -1.17. The van der Waals surface area contributed by atoms with Crippen LogP contribution in [0, 0.1) is 5.92 Å². The second-order valence-corrected chi connectivity index (χ2v) is 11.0. The van der Waals surface area contributed by atoms with E-state index in [1.165, 1.54) is 17.7 Å². The van der Waals surface area contributed by atoms with Gasteiger partial charge in [-0.15, -0.1) is 0 Å². The van der Waals surface area contributed by atoms with Crippen LogP contribution in [0.2, 0.25) is 10.0 Å². The molecule has 2 amide bonds. The molecule has 0 fully saturated rings. The van der Waals surface area contributed by atoms with Crippen molar-refractivity contribution in [1.82, 2.24) is 15.1 Å². The monoisotopic (exact) mass is 582 g/mol. The normalized spacial score (nSPS) is 17.9. The number of rotatable bonds is 9. The van der Waals surface area contributed by atoms with Gasteiger partial charge in [0.05, 0.1) is 15.6 Å². The predicted molar refractivity (Wildman–Crippen MR) is 157 cm³/mol. The number of carboxylic acids is 1. The van der Waals surface area contributed by atoms with Crippen LogP contribution in [0.1, 0.15) is 45.5 Å². The van der Waals surface area contributed by atoms with Gasteiger partial charge in [0.2, 0.25) is 0 Å². The van der Waals surface area contributed by atoms with Crippen LogP contribution in [-0.2, 0) is 11.3 Å². The molecule has 0 bridgehead atoms. The first-order chi connectivity index (χ1) is 19.1. The topological polar surface area (TPSA) is 102 Å². The number of carboxylic acid groups (broad SMARTS) is 1. The lowest BCUT2D eigenvalue weighted by molar-refractivity contribution is -0.139. The molecule has 4 rings (SSSR count). The summed E-state index contributed by atoms with van der Waals surface area (Å²) < 4.78 is 0. The standard InChI is InChI=1S/C30H32Cl2N4O4/c1-35(2)29(38)21-8-6-19(7-9-21)18-36-14-12-20(13-15-36)22-10-11-23(33-17-22)16-26(30(39)40)34-28(37)27-24(31)4-3-5-25(27)32/h3-9,11-12,17,22,26H,10,13-16,18H2,1-2H3,(H,34,37)(H,39,40)/t22?,26-/m0/s1. The summed E-state index contributed by atoms with van der Waals surface area (Å²) in [7, 11) is 3.49. The zero-order chi connectivity index (χ0) is 28.8. The maximum atomic E-state index is 12.7. The van der Waals surface area contributed by atoms with Crippen molar-refractivity contribution >= 4 is 47.2 Å². The lowest BCUT2D eigenvalue weighted by Gasteiger charge is -2.29. The second-order valence-electron chi connectivity index (χ2n) is 10.1. The Kier molecular flexibility index (Phi) is 9.79. The highest BCUT2D eigenvalue weighted by Crippen LogP contribution is 2.28. The van der Waals surface area contributed by atoms with E-state index in [2.05, 4.69) is 21.3 Å². The van der Waals surface area contributed by atoms with E-state index in [0.717, 1.165) is 38.0 Å². The summed E-state index contributed by atoms with van der Waals surface area (Å²) in [6.45, 7) is 2.56. The quantitative estimate of drug-likeness (QED) is 0.401. The molecule has 2 aliphatic heterocycles. The van der Waals surface area contributed by atoms with Gasteiger partial charge in [-0.1, -0.05) is 59.1 Å². The van der Waals surface area contributed by atoms with E-state index in [9.17, 15) is 19.5 Å². The van der Waals surface area contributed by atoms with Crippen molar-refractivity contribution < 1.29 is 19.5 Å². The third-order valence-electron chi connectivity index (χ3n) is 7.05. The highest BCUT2D eigenvalue weighted by molar-refractivity contribution is 6.39. The maximum Gasteiger partial charge on any atom is 0.326 e. The largest absolute Gasteiger partial charge is 0.480 e. The average Bonchev–Trinajstić information content (AvgIpc) is 2.93. The molecule has 2 aromatic carbocycles. The van der Waals surface area contributed by atoms with E-state index in [1.54, 1.807) is 25.1 Å².